The zero-order valence-electron chi connectivity index (χ0n) is 11.5. The molecule has 1 atom stereocenters. The van der Waals surface area contributed by atoms with E-state index in [9.17, 15) is 13.2 Å². The molecule has 0 radical (unpaired) electrons. The van der Waals surface area contributed by atoms with Crippen molar-refractivity contribution in [3.63, 3.8) is 0 Å². The van der Waals surface area contributed by atoms with Crippen molar-refractivity contribution in [1.82, 2.24) is 19.9 Å². The lowest BCUT2D eigenvalue weighted by Gasteiger charge is -2.25. The van der Waals surface area contributed by atoms with E-state index in [2.05, 4.69) is 16.2 Å². The van der Waals surface area contributed by atoms with Crippen LogP contribution in [0.4, 0.5) is 0 Å². The van der Waals surface area contributed by atoms with E-state index in [0.29, 0.717) is 19.5 Å². The van der Waals surface area contributed by atoms with Crippen LogP contribution in [-0.2, 0) is 16.4 Å². The average Bonchev–Trinajstić information content (AvgIpc) is 3.02. The number of rotatable bonds is 5. The third-order valence-electron chi connectivity index (χ3n) is 3.29. The topological polar surface area (TPSA) is 111 Å². The monoisotopic (exact) mass is 311 g/mol. The molecule has 21 heavy (non-hydrogen) atoms. The minimum absolute atomic E-state index is 0.0444. The van der Waals surface area contributed by atoms with E-state index in [1.807, 2.05) is 0 Å². The maximum atomic E-state index is 12.4. The number of carbonyl (C=O) groups is 1. The zero-order valence-corrected chi connectivity index (χ0v) is 12.3. The van der Waals surface area contributed by atoms with Crippen molar-refractivity contribution in [2.75, 3.05) is 24.6 Å². The lowest BCUT2D eigenvalue weighted by molar-refractivity contribution is 0.0718. The van der Waals surface area contributed by atoms with E-state index >= 15 is 0 Å². The van der Waals surface area contributed by atoms with Crippen LogP contribution >= 0.6 is 0 Å². The van der Waals surface area contributed by atoms with E-state index in [1.165, 1.54) is 15.8 Å². The Hall–Kier alpha value is -1.92. The van der Waals surface area contributed by atoms with Crippen LogP contribution in [0.5, 0.6) is 0 Å². The number of amides is 1. The Balaban J connectivity index is 2.17. The summed E-state index contributed by atoms with van der Waals surface area (Å²) >= 11 is 0. The Morgan fingerprint density at radius 3 is 2.95 bits per heavy atom. The largest absolute Gasteiger partial charge is 0.329 e. The maximum Gasteiger partial charge on any atom is 0.277 e. The van der Waals surface area contributed by atoms with Gasteiger partial charge >= 0.3 is 0 Å². The zero-order chi connectivity index (χ0) is 15.5. The highest BCUT2D eigenvalue weighted by Crippen LogP contribution is 2.19. The van der Waals surface area contributed by atoms with Gasteiger partial charge in [-0.2, -0.15) is 0 Å². The first kappa shape index (κ1) is 15.5. The van der Waals surface area contributed by atoms with Crippen molar-refractivity contribution >= 4 is 15.7 Å². The highest BCUT2D eigenvalue weighted by molar-refractivity contribution is 7.91. The van der Waals surface area contributed by atoms with Crippen LogP contribution in [0, 0.1) is 12.3 Å². The lowest BCUT2D eigenvalue weighted by Crippen LogP contribution is -2.41. The molecule has 1 unspecified atom stereocenters. The van der Waals surface area contributed by atoms with Crippen molar-refractivity contribution in [3.8, 4) is 12.3 Å². The molecule has 9 heteroatoms. The quantitative estimate of drug-likeness (QED) is 0.662. The van der Waals surface area contributed by atoms with Gasteiger partial charge in [0.15, 0.2) is 15.5 Å². The van der Waals surface area contributed by atoms with E-state index < -0.39 is 21.8 Å². The second-order valence-corrected chi connectivity index (χ2v) is 7.08. The smallest absolute Gasteiger partial charge is 0.277 e. The van der Waals surface area contributed by atoms with Crippen molar-refractivity contribution in [1.29, 1.82) is 0 Å². The Morgan fingerprint density at radius 1 is 1.62 bits per heavy atom. The normalized spacial score (nSPS) is 20.1. The minimum atomic E-state index is -3.10. The molecule has 1 aromatic rings. The summed E-state index contributed by atoms with van der Waals surface area (Å²) in [5.41, 5.74) is 5.55. The molecule has 0 aliphatic carbocycles. The summed E-state index contributed by atoms with van der Waals surface area (Å²) in [6, 6.07) is -0.404. The van der Waals surface area contributed by atoms with Crippen LogP contribution in [0.25, 0.3) is 0 Å². The Kier molecular flexibility index (Phi) is 4.59. The predicted octanol–water partition coefficient (Wildman–Crippen LogP) is -1.50. The van der Waals surface area contributed by atoms with Crippen LogP contribution in [0.1, 0.15) is 16.9 Å². The third kappa shape index (κ3) is 3.59. The molecule has 2 rings (SSSR count). The molecule has 1 saturated heterocycles. The molecule has 0 spiro atoms. The fourth-order valence-electron chi connectivity index (χ4n) is 2.27. The Bertz CT molecular complexity index is 661. The predicted molar refractivity (Wildman–Crippen MR) is 76.0 cm³/mol. The molecule has 1 aliphatic heterocycles. The number of hydrogen-bond donors (Lipinski definition) is 1. The number of aromatic nitrogens is 3. The summed E-state index contributed by atoms with van der Waals surface area (Å²) in [5.74, 6) is 2.00. The molecule has 0 bridgehead atoms. The van der Waals surface area contributed by atoms with Crippen LogP contribution in [-0.4, -0.2) is 64.9 Å². The third-order valence-corrected chi connectivity index (χ3v) is 5.04. The summed E-state index contributed by atoms with van der Waals surface area (Å²) in [6.45, 7) is 0.877. The second-order valence-electron chi connectivity index (χ2n) is 4.85. The van der Waals surface area contributed by atoms with E-state index in [1.54, 1.807) is 0 Å². The van der Waals surface area contributed by atoms with Gasteiger partial charge in [-0.15, -0.1) is 11.5 Å². The second kappa shape index (κ2) is 6.24. The standard InChI is InChI=1S/C12H17N5O3S/c1-2-5-17(10-3-7-21(19,20)9-10)12(18)11-8-16(6-4-13)15-14-11/h1,8,10H,3-7,9,13H2. The highest BCUT2D eigenvalue weighted by Gasteiger charge is 2.35. The number of nitrogens with zero attached hydrogens (tertiary/aromatic N) is 4. The van der Waals surface area contributed by atoms with E-state index in [-0.39, 0.29) is 23.7 Å². The summed E-state index contributed by atoms with van der Waals surface area (Å²) in [7, 11) is -3.10. The molecule has 0 saturated carbocycles. The van der Waals surface area contributed by atoms with Gasteiger partial charge in [-0.3, -0.25) is 9.48 Å². The first-order chi connectivity index (χ1) is 9.96. The van der Waals surface area contributed by atoms with Crippen LogP contribution in [0.3, 0.4) is 0 Å². The van der Waals surface area contributed by atoms with Crippen molar-refractivity contribution in [3.05, 3.63) is 11.9 Å². The van der Waals surface area contributed by atoms with Crippen molar-refractivity contribution in [2.45, 2.75) is 19.0 Å². The molecule has 0 aromatic carbocycles. The molecule has 1 amide bonds. The average molecular weight is 311 g/mol. The summed E-state index contributed by atoms with van der Waals surface area (Å²) < 4.78 is 24.6. The molecule has 8 nitrogen and oxygen atoms in total. The van der Waals surface area contributed by atoms with Gasteiger partial charge in [-0.25, -0.2) is 8.42 Å². The van der Waals surface area contributed by atoms with E-state index in [0.717, 1.165) is 0 Å². The number of terminal acetylenes is 1. The summed E-state index contributed by atoms with van der Waals surface area (Å²) in [5, 5.41) is 7.59. The molecule has 2 heterocycles. The van der Waals surface area contributed by atoms with Gasteiger partial charge in [-0.05, 0) is 6.42 Å². The number of sulfone groups is 1. The molecule has 2 N–H and O–H groups in total. The van der Waals surface area contributed by atoms with Crippen LogP contribution < -0.4 is 5.73 Å². The summed E-state index contributed by atoms with van der Waals surface area (Å²) in [4.78, 5) is 13.8. The van der Waals surface area contributed by atoms with Gasteiger partial charge < -0.3 is 10.6 Å². The lowest BCUT2D eigenvalue weighted by atomic mass is 10.2. The first-order valence-electron chi connectivity index (χ1n) is 6.52. The molecular formula is C12H17N5O3S. The molecule has 1 aliphatic rings. The van der Waals surface area contributed by atoms with Gasteiger partial charge in [0.1, 0.15) is 0 Å². The maximum absolute atomic E-state index is 12.4. The Labute approximate surface area is 123 Å². The molecule has 1 fully saturated rings. The van der Waals surface area contributed by atoms with Crippen molar-refractivity contribution < 1.29 is 13.2 Å². The van der Waals surface area contributed by atoms with Gasteiger partial charge in [0.2, 0.25) is 0 Å². The van der Waals surface area contributed by atoms with Gasteiger partial charge in [0.05, 0.1) is 30.8 Å². The van der Waals surface area contributed by atoms with Gasteiger partial charge in [-0.1, -0.05) is 11.1 Å². The first-order valence-corrected chi connectivity index (χ1v) is 8.34. The number of hydrogen-bond acceptors (Lipinski definition) is 6. The molecule has 114 valence electrons. The highest BCUT2D eigenvalue weighted by atomic mass is 32.2. The van der Waals surface area contributed by atoms with Gasteiger partial charge in [0.25, 0.3) is 5.91 Å². The Morgan fingerprint density at radius 2 is 2.38 bits per heavy atom. The van der Waals surface area contributed by atoms with Crippen LogP contribution in [0.2, 0.25) is 0 Å². The number of nitrogens with two attached hydrogens (primary N) is 1. The fourth-order valence-corrected chi connectivity index (χ4v) is 4.00. The van der Waals surface area contributed by atoms with Gasteiger partial charge in [0, 0.05) is 12.6 Å². The molecule has 1 aromatic heterocycles. The van der Waals surface area contributed by atoms with Crippen LogP contribution in [0.15, 0.2) is 6.20 Å². The minimum Gasteiger partial charge on any atom is -0.329 e. The summed E-state index contributed by atoms with van der Waals surface area (Å²) in [6.07, 6.45) is 7.17. The van der Waals surface area contributed by atoms with E-state index in [4.69, 9.17) is 12.2 Å². The van der Waals surface area contributed by atoms with Crippen molar-refractivity contribution in [2.24, 2.45) is 5.73 Å². The molecular weight excluding hydrogens is 294 g/mol. The fraction of sp³-hybridized carbons (Fsp3) is 0.583. The number of carbonyl (C=O) groups excluding carboxylic acids is 1. The SMILES string of the molecule is C#CCN(C(=O)c1cn(CCN)nn1)C1CCS(=O)(=O)C1.